The van der Waals surface area contributed by atoms with E-state index in [0.29, 0.717) is 19.6 Å². The number of hydrogen-bond acceptors (Lipinski definition) is 5. The molecule has 27 heavy (non-hydrogen) atoms. The van der Waals surface area contributed by atoms with E-state index in [4.69, 9.17) is 9.47 Å². The predicted octanol–water partition coefficient (Wildman–Crippen LogP) is 1.71. The monoisotopic (exact) mass is 375 g/mol. The van der Waals surface area contributed by atoms with E-state index in [1.54, 1.807) is 4.90 Å². The molecule has 7 heteroatoms. The van der Waals surface area contributed by atoms with Gasteiger partial charge in [0.05, 0.1) is 6.54 Å². The molecule has 0 radical (unpaired) electrons. The van der Waals surface area contributed by atoms with Gasteiger partial charge >= 0.3 is 0 Å². The Hall–Kier alpha value is -2.28. The smallest absolute Gasteiger partial charge is 0.242 e. The zero-order valence-corrected chi connectivity index (χ0v) is 16.3. The van der Waals surface area contributed by atoms with Crippen molar-refractivity contribution in [3.8, 4) is 11.5 Å². The van der Waals surface area contributed by atoms with Gasteiger partial charge in [-0.2, -0.15) is 0 Å². The van der Waals surface area contributed by atoms with Crippen molar-refractivity contribution in [2.75, 3.05) is 46.1 Å². The Bertz CT molecular complexity index is 671. The van der Waals surface area contributed by atoms with Gasteiger partial charge in [-0.15, -0.1) is 0 Å². The van der Waals surface area contributed by atoms with Gasteiger partial charge in [-0.1, -0.05) is 19.4 Å². The third kappa shape index (κ3) is 5.13. The van der Waals surface area contributed by atoms with Gasteiger partial charge in [0.25, 0.3) is 0 Å². The molecule has 148 valence electrons. The lowest BCUT2D eigenvalue weighted by Gasteiger charge is -2.35. The van der Waals surface area contributed by atoms with E-state index in [1.165, 1.54) is 12.5 Å². The fourth-order valence-electron chi connectivity index (χ4n) is 3.41. The van der Waals surface area contributed by atoms with Gasteiger partial charge in [-0.3, -0.25) is 14.5 Å². The lowest BCUT2D eigenvalue weighted by molar-refractivity contribution is -0.140. The van der Waals surface area contributed by atoms with Crippen LogP contribution >= 0.6 is 0 Å². The Balaban J connectivity index is 1.46. The van der Waals surface area contributed by atoms with E-state index >= 15 is 0 Å². The molecule has 0 aromatic heterocycles. The van der Waals surface area contributed by atoms with E-state index < -0.39 is 0 Å². The van der Waals surface area contributed by atoms with Gasteiger partial charge in [0.2, 0.25) is 18.6 Å². The average Bonchev–Trinajstić information content (AvgIpc) is 3.13. The van der Waals surface area contributed by atoms with Crippen molar-refractivity contribution in [1.82, 2.24) is 14.7 Å². The summed E-state index contributed by atoms with van der Waals surface area (Å²) in [5.74, 6) is 1.62. The highest BCUT2D eigenvalue weighted by molar-refractivity contribution is 5.83. The standard InChI is InChI=1S/C20H29N3O4/c1-3-4-7-23(16(2)24)14-20(25)22-10-8-21(9-11-22)13-17-5-6-18-19(12-17)27-15-26-18/h5-6,12H,3-4,7-11,13-15H2,1-2H3. The summed E-state index contributed by atoms with van der Waals surface area (Å²) in [6.07, 6.45) is 1.94. The van der Waals surface area contributed by atoms with Gasteiger partial charge < -0.3 is 19.3 Å². The molecule has 1 aromatic rings. The molecule has 0 bridgehead atoms. The topological polar surface area (TPSA) is 62.3 Å². The summed E-state index contributed by atoms with van der Waals surface area (Å²) in [5.41, 5.74) is 1.18. The molecule has 2 aliphatic heterocycles. The average molecular weight is 375 g/mol. The maximum Gasteiger partial charge on any atom is 0.242 e. The zero-order chi connectivity index (χ0) is 19.2. The van der Waals surface area contributed by atoms with Gasteiger partial charge in [0.15, 0.2) is 11.5 Å². The lowest BCUT2D eigenvalue weighted by atomic mass is 10.1. The predicted molar refractivity (Wildman–Crippen MR) is 102 cm³/mol. The van der Waals surface area contributed by atoms with Crippen LogP contribution in [0.2, 0.25) is 0 Å². The SMILES string of the molecule is CCCCN(CC(=O)N1CCN(Cc2ccc3c(c2)OCO3)CC1)C(C)=O. The third-order valence-corrected chi connectivity index (χ3v) is 5.12. The summed E-state index contributed by atoms with van der Waals surface area (Å²) in [6, 6.07) is 6.03. The van der Waals surface area contributed by atoms with Gasteiger partial charge in [0.1, 0.15) is 0 Å². The van der Waals surface area contributed by atoms with Crippen molar-refractivity contribution in [3.05, 3.63) is 23.8 Å². The summed E-state index contributed by atoms with van der Waals surface area (Å²) in [4.78, 5) is 30.1. The van der Waals surface area contributed by atoms with Crippen molar-refractivity contribution in [2.45, 2.75) is 33.2 Å². The molecule has 2 amide bonds. The largest absolute Gasteiger partial charge is 0.454 e. The fraction of sp³-hybridized carbons (Fsp3) is 0.600. The maximum atomic E-state index is 12.6. The molecule has 0 unspecified atom stereocenters. The fourth-order valence-corrected chi connectivity index (χ4v) is 3.41. The van der Waals surface area contributed by atoms with Crippen molar-refractivity contribution in [3.63, 3.8) is 0 Å². The summed E-state index contributed by atoms with van der Waals surface area (Å²) < 4.78 is 10.8. The second kappa shape index (κ2) is 9.08. The number of carbonyl (C=O) groups excluding carboxylic acids is 2. The highest BCUT2D eigenvalue weighted by Gasteiger charge is 2.24. The summed E-state index contributed by atoms with van der Waals surface area (Å²) >= 11 is 0. The molecule has 0 atom stereocenters. The van der Waals surface area contributed by atoms with Crippen LogP contribution in [0.15, 0.2) is 18.2 Å². The number of hydrogen-bond donors (Lipinski definition) is 0. The Morgan fingerprint density at radius 1 is 1.11 bits per heavy atom. The molecular weight excluding hydrogens is 346 g/mol. The van der Waals surface area contributed by atoms with Gasteiger partial charge in [-0.25, -0.2) is 0 Å². The normalized spacial score (nSPS) is 16.4. The molecule has 7 nitrogen and oxygen atoms in total. The maximum absolute atomic E-state index is 12.6. The Morgan fingerprint density at radius 3 is 2.56 bits per heavy atom. The van der Waals surface area contributed by atoms with Crippen molar-refractivity contribution >= 4 is 11.8 Å². The number of carbonyl (C=O) groups is 2. The van der Waals surface area contributed by atoms with Crippen LogP contribution in [-0.2, 0) is 16.1 Å². The van der Waals surface area contributed by atoms with Crippen LogP contribution in [0.4, 0.5) is 0 Å². The number of benzene rings is 1. The van der Waals surface area contributed by atoms with Crippen LogP contribution < -0.4 is 9.47 Å². The number of unbranched alkanes of at least 4 members (excludes halogenated alkanes) is 1. The minimum absolute atomic E-state index is 0.0294. The molecule has 2 heterocycles. The number of fused-ring (bicyclic) bond motifs is 1. The van der Waals surface area contributed by atoms with E-state index in [-0.39, 0.29) is 25.2 Å². The number of rotatable bonds is 7. The number of nitrogens with zero attached hydrogens (tertiary/aromatic N) is 3. The number of ether oxygens (including phenoxy) is 2. The van der Waals surface area contributed by atoms with Crippen LogP contribution in [-0.4, -0.2) is 72.6 Å². The van der Waals surface area contributed by atoms with Crippen LogP contribution in [0.25, 0.3) is 0 Å². The first-order chi connectivity index (χ1) is 13.1. The van der Waals surface area contributed by atoms with Crippen LogP contribution in [0.5, 0.6) is 11.5 Å². The second-order valence-corrected chi connectivity index (χ2v) is 7.14. The highest BCUT2D eigenvalue weighted by atomic mass is 16.7. The molecular formula is C20H29N3O4. The first-order valence-corrected chi connectivity index (χ1v) is 9.71. The van der Waals surface area contributed by atoms with Crippen LogP contribution in [0.3, 0.4) is 0 Å². The quantitative estimate of drug-likeness (QED) is 0.726. The number of piperazine rings is 1. The third-order valence-electron chi connectivity index (χ3n) is 5.12. The Morgan fingerprint density at radius 2 is 1.85 bits per heavy atom. The van der Waals surface area contributed by atoms with Crippen molar-refractivity contribution < 1.29 is 19.1 Å². The molecule has 0 aliphatic carbocycles. The summed E-state index contributed by atoms with van der Waals surface area (Å²) in [7, 11) is 0. The molecule has 0 saturated carbocycles. The lowest BCUT2D eigenvalue weighted by Crippen LogP contribution is -2.51. The molecule has 1 fully saturated rings. The summed E-state index contributed by atoms with van der Waals surface area (Å²) in [6.45, 7) is 8.63. The zero-order valence-electron chi connectivity index (χ0n) is 16.3. The van der Waals surface area contributed by atoms with Gasteiger partial charge in [0, 0.05) is 46.2 Å². The summed E-state index contributed by atoms with van der Waals surface area (Å²) in [5, 5.41) is 0. The Kier molecular flexibility index (Phi) is 6.55. The van der Waals surface area contributed by atoms with Crippen LogP contribution in [0, 0.1) is 0 Å². The first kappa shape index (κ1) is 19.5. The first-order valence-electron chi connectivity index (χ1n) is 9.71. The van der Waals surface area contributed by atoms with E-state index in [1.807, 2.05) is 17.0 Å². The van der Waals surface area contributed by atoms with Gasteiger partial charge in [-0.05, 0) is 24.1 Å². The highest BCUT2D eigenvalue weighted by Crippen LogP contribution is 2.32. The van der Waals surface area contributed by atoms with E-state index in [0.717, 1.165) is 44.0 Å². The minimum atomic E-state index is -0.0294. The Labute approximate surface area is 160 Å². The molecule has 0 N–H and O–H groups in total. The van der Waals surface area contributed by atoms with Crippen LogP contribution in [0.1, 0.15) is 32.3 Å². The molecule has 2 aliphatic rings. The molecule has 0 spiro atoms. The van der Waals surface area contributed by atoms with E-state index in [2.05, 4.69) is 17.9 Å². The van der Waals surface area contributed by atoms with Crippen molar-refractivity contribution in [1.29, 1.82) is 0 Å². The van der Waals surface area contributed by atoms with E-state index in [9.17, 15) is 9.59 Å². The molecule has 3 rings (SSSR count). The molecule has 1 saturated heterocycles. The minimum Gasteiger partial charge on any atom is -0.454 e. The number of amides is 2. The second-order valence-electron chi connectivity index (χ2n) is 7.14. The molecule has 1 aromatic carbocycles. The van der Waals surface area contributed by atoms with Crippen molar-refractivity contribution in [2.24, 2.45) is 0 Å².